The minimum atomic E-state index is -0.0970. The Morgan fingerprint density at radius 3 is 2.04 bits per heavy atom. The molecule has 0 bridgehead atoms. The Labute approximate surface area is 151 Å². The number of carbonyl (C=O) groups is 1. The second-order valence-corrected chi connectivity index (χ2v) is 8.48. The fourth-order valence-corrected chi connectivity index (χ4v) is 3.28. The Morgan fingerprint density at radius 2 is 1.54 bits per heavy atom. The molecule has 1 aromatic heterocycles. The average Bonchev–Trinajstić information content (AvgIpc) is 3.09. The van der Waals surface area contributed by atoms with Crippen LogP contribution in [0.5, 0.6) is 0 Å². The van der Waals surface area contributed by atoms with Crippen LogP contribution in [-0.2, 0) is 17.4 Å². The first-order chi connectivity index (χ1) is 11.4. The molecule has 0 aliphatic carbocycles. The molecule has 0 aliphatic rings. The maximum Gasteiger partial charge on any atom is 0.228 e. The van der Waals surface area contributed by atoms with Gasteiger partial charge in [-0.25, -0.2) is 0 Å². The van der Waals surface area contributed by atoms with Crippen molar-refractivity contribution < 1.29 is 9.21 Å². The lowest BCUT2D eigenvalue weighted by molar-refractivity contribution is 0.101. The Bertz CT molecular complexity index is 812. The van der Waals surface area contributed by atoms with Crippen LogP contribution < -0.4 is 0 Å². The first kappa shape index (κ1) is 16.9. The largest absolute Gasteiger partial charge is 0.461 e. The van der Waals surface area contributed by atoms with E-state index in [2.05, 4.69) is 50.7 Å². The van der Waals surface area contributed by atoms with Crippen LogP contribution >= 0.6 is 11.8 Å². The number of benzene rings is 2. The van der Waals surface area contributed by atoms with E-state index in [4.69, 9.17) is 4.42 Å². The molecule has 0 N–H and O–H groups in total. The predicted octanol–water partition coefficient (Wildman–Crippen LogP) is 4.91. The van der Waals surface area contributed by atoms with Gasteiger partial charge in [-0.15, -0.1) is 0 Å². The van der Waals surface area contributed by atoms with E-state index < -0.39 is 0 Å². The maximum absolute atomic E-state index is 12.2. The quantitative estimate of drug-likeness (QED) is 0.481. The fourth-order valence-electron chi connectivity index (χ4n) is 2.30. The SMILES string of the molecule is CC(C)([SH2+])c1ccc(Sc2ccc(C(=O)c3ccco3)cc2)cc1. The van der Waals surface area contributed by atoms with Crippen molar-refractivity contribution in [2.75, 3.05) is 0 Å². The maximum atomic E-state index is 12.2. The van der Waals surface area contributed by atoms with Gasteiger partial charge >= 0.3 is 0 Å². The predicted molar refractivity (Wildman–Crippen MR) is 102 cm³/mol. The molecule has 0 aliphatic heterocycles. The summed E-state index contributed by atoms with van der Waals surface area (Å²) in [6.07, 6.45) is 1.51. The molecule has 0 atom stereocenters. The summed E-state index contributed by atoms with van der Waals surface area (Å²) in [6, 6.07) is 19.5. The Hall–Kier alpha value is -1.91. The summed E-state index contributed by atoms with van der Waals surface area (Å²) in [5, 5.41) is 0. The molecule has 2 nitrogen and oxygen atoms in total. The second kappa shape index (κ2) is 6.91. The lowest BCUT2D eigenvalue weighted by Gasteiger charge is -2.12. The summed E-state index contributed by atoms with van der Waals surface area (Å²) >= 11 is 5.40. The molecule has 0 unspecified atom stereocenters. The highest BCUT2D eigenvalue weighted by Gasteiger charge is 2.20. The Kier molecular flexibility index (Phi) is 4.88. The van der Waals surface area contributed by atoms with Crippen molar-refractivity contribution in [3.8, 4) is 0 Å². The number of furan rings is 1. The van der Waals surface area contributed by atoms with Crippen molar-refractivity contribution in [2.45, 2.75) is 28.4 Å². The van der Waals surface area contributed by atoms with Gasteiger partial charge in [0.15, 0.2) is 5.76 Å². The monoisotopic (exact) mass is 355 g/mol. The van der Waals surface area contributed by atoms with Gasteiger partial charge in [0.2, 0.25) is 5.78 Å². The molecule has 1 heterocycles. The van der Waals surface area contributed by atoms with Crippen molar-refractivity contribution >= 4 is 30.2 Å². The molecule has 0 amide bonds. The Morgan fingerprint density at radius 1 is 0.958 bits per heavy atom. The lowest BCUT2D eigenvalue weighted by Crippen LogP contribution is -2.11. The molecular weight excluding hydrogens is 336 g/mol. The first-order valence-corrected chi connectivity index (χ1v) is 8.97. The number of carbonyl (C=O) groups excluding carboxylic acids is 1. The molecule has 0 radical (unpaired) electrons. The van der Waals surface area contributed by atoms with Crippen LogP contribution in [0.25, 0.3) is 0 Å². The third-order valence-electron chi connectivity index (χ3n) is 3.67. The topological polar surface area (TPSA) is 30.2 Å². The van der Waals surface area contributed by atoms with Crippen molar-refractivity contribution in [3.63, 3.8) is 0 Å². The van der Waals surface area contributed by atoms with E-state index in [1.165, 1.54) is 16.7 Å². The van der Waals surface area contributed by atoms with Crippen molar-refractivity contribution in [3.05, 3.63) is 83.8 Å². The van der Waals surface area contributed by atoms with Crippen molar-refractivity contribution in [1.29, 1.82) is 0 Å². The first-order valence-electron chi connectivity index (χ1n) is 7.65. The van der Waals surface area contributed by atoms with Crippen LogP contribution in [0.1, 0.15) is 35.5 Å². The van der Waals surface area contributed by atoms with Gasteiger partial charge in [0.1, 0.15) is 4.75 Å². The van der Waals surface area contributed by atoms with Gasteiger partial charge in [-0.2, -0.15) is 0 Å². The zero-order valence-electron chi connectivity index (χ0n) is 13.6. The van der Waals surface area contributed by atoms with Gasteiger partial charge in [-0.3, -0.25) is 4.79 Å². The lowest BCUT2D eigenvalue weighted by atomic mass is 10.0. The molecule has 0 spiro atoms. The van der Waals surface area contributed by atoms with Crippen LogP contribution in [0.15, 0.2) is 81.1 Å². The van der Waals surface area contributed by atoms with E-state index in [-0.39, 0.29) is 10.5 Å². The minimum Gasteiger partial charge on any atom is -0.461 e. The number of ketones is 1. The highest BCUT2D eigenvalue weighted by molar-refractivity contribution is 7.99. The minimum absolute atomic E-state index is 0.0307. The third kappa shape index (κ3) is 3.94. The summed E-state index contributed by atoms with van der Waals surface area (Å²) in [6.45, 7) is 4.25. The van der Waals surface area contributed by atoms with Gasteiger partial charge in [-0.05, 0) is 75.0 Å². The van der Waals surface area contributed by atoms with Gasteiger partial charge < -0.3 is 4.42 Å². The molecule has 0 fully saturated rings. The van der Waals surface area contributed by atoms with E-state index in [0.717, 1.165) is 4.90 Å². The molecule has 4 heteroatoms. The number of hydrogen-bond donors (Lipinski definition) is 0. The van der Waals surface area contributed by atoms with Crippen LogP contribution in [0.2, 0.25) is 0 Å². The smallest absolute Gasteiger partial charge is 0.228 e. The van der Waals surface area contributed by atoms with Gasteiger partial charge in [-0.1, -0.05) is 23.9 Å². The molecule has 0 saturated carbocycles. The molecule has 3 aromatic rings. The molecular formula is C20H19O2S2+. The molecule has 0 saturated heterocycles. The molecule has 3 rings (SSSR count). The summed E-state index contributed by atoms with van der Waals surface area (Å²) in [4.78, 5) is 14.5. The third-order valence-corrected chi connectivity index (χ3v) is 4.98. The molecule has 122 valence electrons. The van der Waals surface area contributed by atoms with Crippen molar-refractivity contribution in [2.24, 2.45) is 0 Å². The van der Waals surface area contributed by atoms with Crippen LogP contribution in [0, 0.1) is 0 Å². The highest BCUT2D eigenvalue weighted by Crippen LogP contribution is 2.30. The van der Waals surface area contributed by atoms with Crippen molar-refractivity contribution in [1.82, 2.24) is 0 Å². The Balaban J connectivity index is 1.71. The highest BCUT2D eigenvalue weighted by atomic mass is 32.2. The number of hydrogen-bond acceptors (Lipinski definition) is 3. The van der Waals surface area contributed by atoms with E-state index >= 15 is 0 Å². The second-order valence-electron chi connectivity index (χ2n) is 6.08. The van der Waals surface area contributed by atoms with Crippen LogP contribution in [0.3, 0.4) is 0 Å². The van der Waals surface area contributed by atoms with E-state index in [9.17, 15) is 4.79 Å². The van der Waals surface area contributed by atoms with Gasteiger partial charge in [0.05, 0.1) is 6.26 Å². The van der Waals surface area contributed by atoms with Crippen LogP contribution in [0.4, 0.5) is 0 Å². The molecule has 24 heavy (non-hydrogen) atoms. The van der Waals surface area contributed by atoms with E-state index in [0.29, 0.717) is 11.3 Å². The van der Waals surface area contributed by atoms with Gasteiger partial charge in [0.25, 0.3) is 0 Å². The summed E-state index contributed by atoms with van der Waals surface area (Å²) in [5.74, 6) is 0.267. The zero-order chi connectivity index (χ0) is 17.2. The fraction of sp³-hybridized carbons (Fsp3) is 0.150. The average molecular weight is 356 g/mol. The van der Waals surface area contributed by atoms with E-state index in [1.807, 2.05) is 24.3 Å². The molecule has 2 aromatic carbocycles. The van der Waals surface area contributed by atoms with Crippen LogP contribution in [-0.4, -0.2) is 5.78 Å². The summed E-state index contributed by atoms with van der Waals surface area (Å²) in [7, 11) is 0. The standard InChI is InChI=1S/C20H18O2S2/c1-20(2,23)15-7-11-17(12-8-15)24-16-9-5-14(6-10-16)19(21)18-4-3-13-22-18/h3-13,23H,1-2H3/p+1. The normalized spacial score (nSPS) is 11.5. The number of rotatable bonds is 5. The van der Waals surface area contributed by atoms with Gasteiger partial charge in [0, 0.05) is 20.9 Å². The van der Waals surface area contributed by atoms with E-state index in [1.54, 1.807) is 23.9 Å². The zero-order valence-corrected chi connectivity index (χ0v) is 15.4. The summed E-state index contributed by atoms with van der Waals surface area (Å²) in [5.41, 5.74) is 1.87. The summed E-state index contributed by atoms with van der Waals surface area (Å²) < 4.78 is 5.12.